The molecule has 1 fully saturated rings. The first-order chi connectivity index (χ1) is 14.9. The first-order valence-electron chi connectivity index (χ1n) is 10.3. The minimum atomic E-state index is -0.342. The van der Waals surface area contributed by atoms with Gasteiger partial charge in [-0.3, -0.25) is 14.4 Å². The summed E-state index contributed by atoms with van der Waals surface area (Å²) in [7, 11) is 0. The Labute approximate surface area is 181 Å². The molecule has 2 aliphatic heterocycles. The monoisotopic (exact) mass is 419 g/mol. The number of nitrogens with zero attached hydrogens (tertiary/aromatic N) is 2. The van der Waals surface area contributed by atoms with Crippen LogP contribution >= 0.6 is 0 Å². The Bertz CT molecular complexity index is 1080. The molecular formula is C24H25N3O4. The number of nitrogens with one attached hydrogen (secondary N) is 1. The highest BCUT2D eigenvalue weighted by molar-refractivity contribution is 6.45. The molecule has 0 radical (unpaired) electrons. The van der Waals surface area contributed by atoms with Crippen LogP contribution in [0.2, 0.25) is 0 Å². The highest BCUT2D eigenvalue weighted by Gasteiger charge is 2.43. The Morgan fingerprint density at radius 1 is 0.968 bits per heavy atom. The van der Waals surface area contributed by atoms with E-state index < -0.39 is 0 Å². The van der Waals surface area contributed by atoms with Gasteiger partial charge in [0.15, 0.2) is 0 Å². The van der Waals surface area contributed by atoms with Crippen molar-refractivity contribution >= 4 is 34.7 Å². The lowest BCUT2D eigenvalue weighted by atomic mass is 10.0. The molecule has 2 aromatic rings. The maximum Gasteiger partial charge on any atom is 0.282 e. The lowest BCUT2D eigenvalue weighted by molar-refractivity contribution is -0.121. The van der Waals surface area contributed by atoms with E-state index in [1.165, 1.54) is 11.8 Å². The molecule has 0 aliphatic carbocycles. The minimum Gasteiger partial charge on any atom is -0.378 e. The zero-order valence-corrected chi connectivity index (χ0v) is 17.9. The van der Waals surface area contributed by atoms with Gasteiger partial charge in [0.1, 0.15) is 5.70 Å². The van der Waals surface area contributed by atoms with Gasteiger partial charge in [0.05, 0.1) is 24.5 Å². The third-order valence-electron chi connectivity index (χ3n) is 5.47. The highest BCUT2D eigenvalue weighted by atomic mass is 16.5. The van der Waals surface area contributed by atoms with Crippen LogP contribution in [-0.2, 0) is 19.1 Å². The molecule has 1 N–H and O–H groups in total. The van der Waals surface area contributed by atoms with Crippen molar-refractivity contribution in [2.75, 3.05) is 36.5 Å². The molecule has 7 nitrogen and oxygen atoms in total. The van der Waals surface area contributed by atoms with Gasteiger partial charge in [0.2, 0.25) is 5.91 Å². The lowest BCUT2D eigenvalue weighted by Crippen LogP contribution is -2.40. The van der Waals surface area contributed by atoms with Crippen LogP contribution in [0.1, 0.15) is 23.6 Å². The SMILES string of the molecule is CC(=O)Nc1ccc(C2=C(N3CCOCC3)C(=O)N(c3ccc(C)cc3C)C2=O)cc1. The fourth-order valence-electron chi connectivity index (χ4n) is 4.06. The van der Waals surface area contributed by atoms with Crippen LogP contribution in [0.5, 0.6) is 0 Å². The van der Waals surface area contributed by atoms with E-state index >= 15 is 0 Å². The Kier molecular flexibility index (Phi) is 5.61. The number of anilines is 2. The molecule has 0 unspecified atom stereocenters. The summed E-state index contributed by atoms with van der Waals surface area (Å²) in [5.41, 5.74) is 4.58. The van der Waals surface area contributed by atoms with Gasteiger partial charge in [-0.05, 0) is 43.2 Å². The van der Waals surface area contributed by atoms with Crippen LogP contribution in [0.4, 0.5) is 11.4 Å². The average molecular weight is 419 g/mol. The van der Waals surface area contributed by atoms with Gasteiger partial charge in [-0.15, -0.1) is 0 Å². The Morgan fingerprint density at radius 2 is 1.65 bits per heavy atom. The normalized spacial score (nSPS) is 16.9. The smallest absolute Gasteiger partial charge is 0.282 e. The molecule has 3 amide bonds. The summed E-state index contributed by atoms with van der Waals surface area (Å²) in [6.45, 7) is 7.41. The van der Waals surface area contributed by atoms with Crippen molar-refractivity contribution in [1.29, 1.82) is 0 Å². The number of amides is 3. The van der Waals surface area contributed by atoms with Crippen molar-refractivity contribution in [3.63, 3.8) is 0 Å². The molecule has 4 rings (SSSR count). The van der Waals surface area contributed by atoms with E-state index in [0.717, 1.165) is 11.1 Å². The zero-order chi connectivity index (χ0) is 22.1. The Hall–Kier alpha value is -3.45. The summed E-state index contributed by atoms with van der Waals surface area (Å²) in [6, 6.07) is 12.7. The number of hydrogen-bond acceptors (Lipinski definition) is 5. The van der Waals surface area contributed by atoms with Crippen molar-refractivity contribution in [1.82, 2.24) is 4.90 Å². The van der Waals surface area contributed by atoms with Crippen LogP contribution in [0.25, 0.3) is 5.57 Å². The van der Waals surface area contributed by atoms with Gasteiger partial charge in [0, 0.05) is 25.7 Å². The Morgan fingerprint density at radius 3 is 2.26 bits per heavy atom. The van der Waals surface area contributed by atoms with Crippen LogP contribution in [0.15, 0.2) is 48.2 Å². The number of morpholine rings is 1. The predicted molar refractivity (Wildman–Crippen MR) is 118 cm³/mol. The molecule has 7 heteroatoms. The molecule has 160 valence electrons. The second kappa shape index (κ2) is 8.35. The third-order valence-corrected chi connectivity index (χ3v) is 5.47. The van der Waals surface area contributed by atoms with E-state index in [4.69, 9.17) is 4.74 Å². The van der Waals surface area contributed by atoms with E-state index in [1.54, 1.807) is 24.3 Å². The van der Waals surface area contributed by atoms with Crippen molar-refractivity contribution in [3.8, 4) is 0 Å². The summed E-state index contributed by atoms with van der Waals surface area (Å²) in [5, 5.41) is 2.72. The number of carbonyl (C=O) groups excluding carboxylic acids is 3. The van der Waals surface area contributed by atoms with Gasteiger partial charge in [-0.2, -0.15) is 0 Å². The second-order valence-corrected chi connectivity index (χ2v) is 7.82. The summed E-state index contributed by atoms with van der Waals surface area (Å²) in [5.74, 6) is -0.834. The van der Waals surface area contributed by atoms with Crippen molar-refractivity contribution in [2.45, 2.75) is 20.8 Å². The summed E-state index contributed by atoms with van der Waals surface area (Å²) < 4.78 is 5.44. The average Bonchev–Trinajstić information content (AvgIpc) is 2.99. The van der Waals surface area contributed by atoms with Gasteiger partial charge >= 0.3 is 0 Å². The molecule has 0 atom stereocenters. The van der Waals surface area contributed by atoms with Gasteiger partial charge < -0.3 is 15.0 Å². The number of carbonyl (C=O) groups is 3. The van der Waals surface area contributed by atoms with Crippen LogP contribution in [0, 0.1) is 13.8 Å². The lowest BCUT2D eigenvalue weighted by Gasteiger charge is -2.29. The van der Waals surface area contributed by atoms with Crippen LogP contribution in [0.3, 0.4) is 0 Å². The fourth-order valence-corrected chi connectivity index (χ4v) is 4.06. The maximum absolute atomic E-state index is 13.6. The number of aryl methyl sites for hydroxylation is 2. The van der Waals surface area contributed by atoms with E-state index in [1.807, 2.05) is 36.9 Å². The summed E-state index contributed by atoms with van der Waals surface area (Å²) in [4.78, 5) is 41.7. The molecule has 2 aliphatic rings. The number of rotatable bonds is 4. The van der Waals surface area contributed by atoms with E-state index in [2.05, 4.69) is 5.32 Å². The fraction of sp³-hybridized carbons (Fsp3) is 0.292. The van der Waals surface area contributed by atoms with Crippen LogP contribution < -0.4 is 10.2 Å². The Balaban J connectivity index is 1.79. The predicted octanol–water partition coefficient (Wildman–Crippen LogP) is 2.88. The zero-order valence-electron chi connectivity index (χ0n) is 17.9. The summed E-state index contributed by atoms with van der Waals surface area (Å²) in [6.07, 6.45) is 0. The number of benzene rings is 2. The summed E-state index contributed by atoms with van der Waals surface area (Å²) >= 11 is 0. The molecule has 31 heavy (non-hydrogen) atoms. The minimum absolute atomic E-state index is 0.172. The highest BCUT2D eigenvalue weighted by Crippen LogP contribution is 2.36. The van der Waals surface area contributed by atoms with E-state index in [0.29, 0.717) is 54.5 Å². The maximum atomic E-state index is 13.6. The van der Waals surface area contributed by atoms with Gasteiger partial charge in [-0.1, -0.05) is 29.8 Å². The van der Waals surface area contributed by atoms with E-state index in [-0.39, 0.29) is 17.7 Å². The van der Waals surface area contributed by atoms with Crippen molar-refractivity contribution in [2.24, 2.45) is 0 Å². The number of ether oxygens (including phenoxy) is 1. The first kappa shape index (κ1) is 20.8. The quantitative estimate of drug-likeness (QED) is 0.771. The molecule has 0 aromatic heterocycles. The third kappa shape index (κ3) is 3.96. The van der Waals surface area contributed by atoms with Gasteiger partial charge in [-0.25, -0.2) is 4.90 Å². The molecule has 0 bridgehead atoms. The van der Waals surface area contributed by atoms with Crippen LogP contribution in [-0.4, -0.2) is 48.9 Å². The molecule has 0 saturated carbocycles. The van der Waals surface area contributed by atoms with E-state index in [9.17, 15) is 14.4 Å². The topological polar surface area (TPSA) is 79.0 Å². The van der Waals surface area contributed by atoms with Gasteiger partial charge in [0.25, 0.3) is 11.8 Å². The number of hydrogen-bond donors (Lipinski definition) is 1. The largest absolute Gasteiger partial charge is 0.378 e. The molecule has 0 spiro atoms. The molecule has 1 saturated heterocycles. The molecular weight excluding hydrogens is 394 g/mol. The standard InChI is InChI=1S/C24H25N3O4/c1-15-4-9-20(16(2)14-15)27-23(29)21(18-5-7-19(8-6-18)25-17(3)28)22(24(27)30)26-10-12-31-13-11-26/h4-9,14H,10-13H2,1-3H3,(H,25,28). The first-order valence-corrected chi connectivity index (χ1v) is 10.3. The molecule has 2 aromatic carbocycles. The number of imide groups is 1. The second-order valence-electron chi connectivity index (χ2n) is 7.82. The van der Waals surface area contributed by atoms with Crippen molar-refractivity contribution < 1.29 is 19.1 Å². The van der Waals surface area contributed by atoms with Crippen molar-refractivity contribution in [3.05, 3.63) is 64.9 Å². The molecule has 2 heterocycles.